The van der Waals surface area contributed by atoms with Crippen molar-refractivity contribution in [2.75, 3.05) is 26.2 Å². The monoisotopic (exact) mass is 279 g/mol. The van der Waals surface area contributed by atoms with Crippen LogP contribution in [0.1, 0.15) is 25.3 Å². The van der Waals surface area contributed by atoms with Gasteiger partial charge < -0.3 is 10.2 Å². The van der Waals surface area contributed by atoms with Gasteiger partial charge in [0, 0.05) is 6.54 Å². The number of carbonyl (C=O) groups excluding carboxylic acids is 1. The minimum atomic E-state index is -0.222. The van der Waals surface area contributed by atoms with Crippen molar-refractivity contribution in [2.24, 2.45) is 5.92 Å². The van der Waals surface area contributed by atoms with E-state index in [2.05, 4.69) is 12.2 Å². The molecule has 1 saturated heterocycles. The number of hydrogen-bond donors (Lipinski definition) is 2. The number of halogens is 1. The van der Waals surface area contributed by atoms with Crippen LogP contribution in [0.25, 0.3) is 0 Å². The van der Waals surface area contributed by atoms with Crippen LogP contribution in [0, 0.1) is 11.7 Å². The second kappa shape index (κ2) is 7.39. The number of nitrogens with one attached hydrogen (secondary N) is 2. The van der Waals surface area contributed by atoms with Gasteiger partial charge in [0.1, 0.15) is 5.82 Å². The zero-order valence-corrected chi connectivity index (χ0v) is 12.1. The van der Waals surface area contributed by atoms with Crippen molar-refractivity contribution >= 4 is 5.91 Å². The number of rotatable bonds is 5. The summed E-state index contributed by atoms with van der Waals surface area (Å²) >= 11 is 0. The molecule has 20 heavy (non-hydrogen) atoms. The predicted molar refractivity (Wildman–Crippen MR) is 77.1 cm³/mol. The van der Waals surface area contributed by atoms with Crippen LogP contribution in [0.2, 0.25) is 0 Å². The lowest BCUT2D eigenvalue weighted by molar-refractivity contribution is -0.898. The van der Waals surface area contributed by atoms with E-state index >= 15 is 0 Å². The highest BCUT2D eigenvalue weighted by Crippen LogP contribution is 2.06. The maximum absolute atomic E-state index is 12.8. The molecule has 1 amide bonds. The molecule has 1 aliphatic heterocycles. The highest BCUT2D eigenvalue weighted by atomic mass is 19.1. The summed E-state index contributed by atoms with van der Waals surface area (Å²) in [6.45, 7) is 5.68. The fourth-order valence-corrected chi connectivity index (χ4v) is 2.63. The molecular formula is C16H24FN2O+. The third-order valence-corrected chi connectivity index (χ3v) is 4.04. The fraction of sp³-hybridized carbons (Fsp3) is 0.562. The third kappa shape index (κ3) is 4.93. The molecule has 0 unspecified atom stereocenters. The highest BCUT2D eigenvalue weighted by molar-refractivity contribution is 5.76. The summed E-state index contributed by atoms with van der Waals surface area (Å²) in [7, 11) is 0. The predicted octanol–water partition coefficient (Wildman–Crippen LogP) is 0.799. The molecule has 3 nitrogen and oxygen atoms in total. The zero-order valence-electron chi connectivity index (χ0n) is 12.1. The molecule has 2 rings (SSSR count). The number of likely N-dealkylation sites (tertiary alicyclic amines) is 1. The SMILES string of the molecule is CC1CC[NH+](CC(=O)NCCc2ccc(F)cc2)CC1. The molecule has 1 aliphatic rings. The van der Waals surface area contributed by atoms with Crippen LogP contribution in [-0.2, 0) is 11.2 Å². The maximum atomic E-state index is 12.8. The van der Waals surface area contributed by atoms with Gasteiger partial charge in [-0.2, -0.15) is 0 Å². The Hall–Kier alpha value is -1.42. The van der Waals surface area contributed by atoms with Gasteiger partial charge in [-0.3, -0.25) is 4.79 Å². The molecule has 0 aliphatic carbocycles. The van der Waals surface area contributed by atoms with Gasteiger partial charge in [0.25, 0.3) is 5.91 Å². The molecule has 1 heterocycles. The summed E-state index contributed by atoms with van der Waals surface area (Å²) < 4.78 is 12.8. The number of hydrogen-bond acceptors (Lipinski definition) is 1. The Morgan fingerprint density at radius 1 is 1.30 bits per heavy atom. The van der Waals surface area contributed by atoms with Gasteiger partial charge in [-0.25, -0.2) is 4.39 Å². The summed E-state index contributed by atoms with van der Waals surface area (Å²) in [4.78, 5) is 13.2. The Bertz CT molecular complexity index is 425. The highest BCUT2D eigenvalue weighted by Gasteiger charge is 2.20. The van der Waals surface area contributed by atoms with E-state index in [1.807, 2.05) is 0 Å². The maximum Gasteiger partial charge on any atom is 0.275 e. The van der Waals surface area contributed by atoms with Gasteiger partial charge in [0.15, 0.2) is 6.54 Å². The topological polar surface area (TPSA) is 33.5 Å². The Kier molecular flexibility index (Phi) is 5.53. The first-order valence-corrected chi connectivity index (χ1v) is 7.48. The van der Waals surface area contributed by atoms with Gasteiger partial charge in [-0.15, -0.1) is 0 Å². The average Bonchev–Trinajstić information content (AvgIpc) is 2.44. The number of benzene rings is 1. The first-order valence-electron chi connectivity index (χ1n) is 7.48. The normalized spacial score (nSPS) is 22.5. The molecule has 110 valence electrons. The molecule has 1 fully saturated rings. The van der Waals surface area contributed by atoms with E-state index in [0.29, 0.717) is 13.1 Å². The van der Waals surface area contributed by atoms with Crippen molar-refractivity contribution in [1.82, 2.24) is 5.32 Å². The Morgan fingerprint density at radius 2 is 1.95 bits per heavy atom. The largest absolute Gasteiger partial charge is 0.351 e. The summed E-state index contributed by atoms with van der Waals surface area (Å²) in [6.07, 6.45) is 3.19. The van der Waals surface area contributed by atoms with Gasteiger partial charge in [0.2, 0.25) is 0 Å². The Balaban J connectivity index is 1.64. The van der Waals surface area contributed by atoms with Crippen molar-refractivity contribution < 1.29 is 14.1 Å². The average molecular weight is 279 g/mol. The van der Waals surface area contributed by atoms with Crippen molar-refractivity contribution in [3.8, 4) is 0 Å². The minimum absolute atomic E-state index is 0.122. The van der Waals surface area contributed by atoms with Crippen molar-refractivity contribution in [3.05, 3.63) is 35.6 Å². The molecule has 2 N–H and O–H groups in total. The fourth-order valence-electron chi connectivity index (χ4n) is 2.63. The van der Waals surface area contributed by atoms with E-state index in [1.54, 1.807) is 12.1 Å². The van der Waals surface area contributed by atoms with Crippen LogP contribution in [0.15, 0.2) is 24.3 Å². The number of carbonyl (C=O) groups is 1. The molecule has 0 saturated carbocycles. The van der Waals surface area contributed by atoms with E-state index in [1.165, 1.54) is 29.9 Å². The van der Waals surface area contributed by atoms with E-state index in [-0.39, 0.29) is 11.7 Å². The van der Waals surface area contributed by atoms with Crippen molar-refractivity contribution in [1.29, 1.82) is 0 Å². The van der Waals surface area contributed by atoms with Crippen LogP contribution in [0.5, 0.6) is 0 Å². The summed E-state index contributed by atoms with van der Waals surface area (Å²) in [5.41, 5.74) is 1.05. The number of quaternary nitrogens is 1. The summed E-state index contributed by atoms with van der Waals surface area (Å²) in [5, 5.41) is 2.95. The van der Waals surface area contributed by atoms with Crippen molar-refractivity contribution in [3.63, 3.8) is 0 Å². The second-order valence-electron chi connectivity index (χ2n) is 5.84. The smallest absolute Gasteiger partial charge is 0.275 e. The van der Waals surface area contributed by atoms with Crippen LogP contribution >= 0.6 is 0 Å². The third-order valence-electron chi connectivity index (χ3n) is 4.04. The quantitative estimate of drug-likeness (QED) is 0.821. The van der Waals surface area contributed by atoms with Crippen molar-refractivity contribution in [2.45, 2.75) is 26.2 Å². The van der Waals surface area contributed by atoms with Crippen LogP contribution in [0.3, 0.4) is 0 Å². The Labute approximate surface area is 120 Å². The lowest BCUT2D eigenvalue weighted by Gasteiger charge is -2.26. The second-order valence-corrected chi connectivity index (χ2v) is 5.84. The van der Waals surface area contributed by atoms with Crippen LogP contribution in [-0.4, -0.2) is 32.1 Å². The van der Waals surface area contributed by atoms with Gasteiger partial charge in [-0.1, -0.05) is 19.1 Å². The molecule has 0 spiro atoms. The van der Waals surface area contributed by atoms with E-state index in [0.717, 1.165) is 31.0 Å². The minimum Gasteiger partial charge on any atom is -0.351 e. The molecule has 0 radical (unpaired) electrons. The summed E-state index contributed by atoms with van der Waals surface area (Å²) in [5.74, 6) is 0.706. The van der Waals surface area contributed by atoms with Gasteiger partial charge in [-0.05, 0) is 42.9 Å². The lowest BCUT2D eigenvalue weighted by Crippen LogP contribution is -3.14. The Morgan fingerprint density at radius 3 is 2.60 bits per heavy atom. The first-order chi connectivity index (χ1) is 9.63. The molecule has 0 atom stereocenters. The number of piperidine rings is 1. The van der Waals surface area contributed by atoms with E-state index in [4.69, 9.17) is 0 Å². The van der Waals surface area contributed by atoms with E-state index in [9.17, 15) is 9.18 Å². The molecule has 1 aromatic rings. The zero-order chi connectivity index (χ0) is 14.4. The van der Waals surface area contributed by atoms with E-state index < -0.39 is 0 Å². The molecule has 0 aromatic heterocycles. The summed E-state index contributed by atoms with van der Waals surface area (Å²) in [6, 6.07) is 6.43. The van der Waals surface area contributed by atoms with Crippen LogP contribution < -0.4 is 10.2 Å². The molecule has 0 bridgehead atoms. The molecule has 1 aromatic carbocycles. The standard InChI is InChI=1S/C16H23FN2O/c1-13-7-10-19(11-8-13)12-16(20)18-9-6-14-2-4-15(17)5-3-14/h2-5,13H,6-12H2,1H3,(H,18,20)/p+1. The molecule has 4 heteroatoms. The van der Waals surface area contributed by atoms with Gasteiger partial charge in [0.05, 0.1) is 13.1 Å². The van der Waals surface area contributed by atoms with Gasteiger partial charge >= 0.3 is 0 Å². The van der Waals surface area contributed by atoms with Crippen LogP contribution in [0.4, 0.5) is 4.39 Å². The first kappa shape index (κ1) is 15.0. The number of amides is 1. The lowest BCUT2D eigenvalue weighted by atomic mass is 9.99. The molecular weight excluding hydrogens is 255 g/mol.